The summed E-state index contributed by atoms with van der Waals surface area (Å²) >= 11 is 0. The van der Waals surface area contributed by atoms with E-state index in [1.165, 1.54) is 0 Å². The van der Waals surface area contributed by atoms with Gasteiger partial charge in [-0.1, -0.05) is 39.3 Å². The number of hydrogen-bond acceptors (Lipinski definition) is 4. The van der Waals surface area contributed by atoms with E-state index in [0.29, 0.717) is 23.4 Å². The lowest BCUT2D eigenvalue weighted by atomic mass is 9.97. The molecule has 2 amide bonds. The fourth-order valence-electron chi connectivity index (χ4n) is 2.94. The molecule has 0 aliphatic rings. The van der Waals surface area contributed by atoms with Crippen molar-refractivity contribution in [2.75, 3.05) is 11.9 Å². The molecule has 2 aromatic carbocycles. The van der Waals surface area contributed by atoms with Crippen molar-refractivity contribution < 1.29 is 19.1 Å². The third-order valence-corrected chi connectivity index (χ3v) is 5.07. The van der Waals surface area contributed by atoms with Gasteiger partial charge in [0.05, 0.1) is 12.2 Å². The Balaban J connectivity index is 2.09. The first-order chi connectivity index (χ1) is 14.4. The summed E-state index contributed by atoms with van der Waals surface area (Å²) in [6.45, 7) is 8.00. The first-order valence-corrected chi connectivity index (χ1v) is 10.4. The number of esters is 1. The lowest BCUT2D eigenvalue weighted by molar-refractivity contribution is -0.119. The zero-order valence-corrected chi connectivity index (χ0v) is 18.0. The van der Waals surface area contributed by atoms with Crippen LogP contribution in [-0.4, -0.2) is 30.4 Å². The molecule has 0 unspecified atom stereocenters. The number of benzene rings is 2. The van der Waals surface area contributed by atoms with Crippen molar-refractivity contribution in [2.45, 2.75) is 46.6 Å². The fourth-order valence-corrected chi connectivity index (χ4v) is 2.94. The number of anilines is 1. The lowest BCUT2D eigenvalue weighted by Crippen LogP contribution is -2.47. The number of carbonyl (C=O) groups is 3. The van der Waals surface area contributed by atoms with Gasteiger partial charge in [0.15, 0.2) is 0 Å². The van der Waals surface area contributed by atoms with E-state index < -0.39 is 12.0 Å². The molecule has 0 saturated heterocycles. The number of aryl methyl sites for hydroxylation is 1. The van der Waals surface area contributed by atoms with Gasteiger partial charge in [-0.3, -0.25) is 9.59 Å². The van der Waals surface area contributed by atoms with E-state index in [1.54, 1.807) is 43.3 Å². The van der Waals surface area contributed by atoms with Gasteiger partial charge in [-0.15, -0.1) is 0 Å². The van der Waals surface area contributed by atoms with Gasteiger partial charge in [0.1, 0.15) is 6.04 Å². The second kappa shape index (κ2) is 11.1. The predicted molar refractivity (Wildman–Crippen MR) is 118 cm³/mol. The number of carbonyl (C=O) groups excluding carboxylic acids is 3. The van der Waals surface area contributed by atoms with Gasteiger partial charge >= 0.3 is 5.97 Å². The normalized spacial score (nSPS) is 12.5. The average molecular weight is 411 g/mol. The van der Waals surface area contributed by atoms with Crippen LogP contribution in [-0.2, 0) is 16.0 Å². The number of rotatable bonds is 9. The van der Waals surface area contributed by atoms with Crippen molar-refractivity contribution >= 4 is 23.5 Å². The average Bonchev–Trinajstić information content (AvgIpc) is 2.77. The Labute approximate surface area is 178 Å². The van der Waals surface area contributed by atoms with E-state index in [9.17, 15) is 14.4 Å². The Kier molecular flexibility index (Phi) is 8.59. The first-order valence-electron chi connectivity index (χ1n) is 10.4. The van der Waals surface area contributed by atoms with Gasteiger partial charge in [0.25, 0.3) is 5.91 Å². The molecule has 6 nitrogen and oxygen atoms in total. The van der Waals surface area contributed by atoms with Gasteiger partial charge < -0.3 is 15.4 Å². The highest BCUT2D eigenvalue weighted by Crippen LogP contribution is 2.15. The van der Waals surface area contributed by atoms with Crippen LogP contribution in [0.5, 0.6) is 0 Å². The Bertz CT molecular complexity index is 860. The Hall–Kier alpha value is -3.15. The van der Waals surface area contributed by atoms with E-state index in [1.807, 2.05) is 26.0 Å². The molecule has 30 heavy (non-hydrogen) atoms. The molecule has 0 aromatic heterocycles. The third kappa shape index (κ3) is 6.17. The van der Waals surface area contributed by atoms with E-state index in [0.717, 1.165) is 18.4 Å². The minimum absolute atomic E-state index is 0.0531. The van der Waals surface area contributed by atoms with Crippen LogP contribution in [0.2, 0.25) is 0 Å². The van der Waals surface area contributed by atoms with Crippen LogP contribution in [0.3, 0.4) is 0 Å². The van der Waals surface area contributed by atoms with Gasteiger partial charge in [0, 0.05) is 11.3 Å². The number of amides is 2. The minimum atomic E-state index is -0.682. The highest BCUT2D eigenvalue weighted by atomic mass is 16.5. The minimum Gasteiger partial charge on any atom is -0.462 e. The van der Waals surface area contributed by atoms with Crippen LogP contribution in [0.1, 0.15) is 60.4 Å². The summed E-state index contributed by atoms with van der Waals surface area (Å²) in [5.41, 5.74) is 2.63. The summed E-state index contributed by atoms with van der Waals surface area (Å²) in [7, 11) is 0. The van der Waals surface area contributed by atoms with Crippen LogP contribution in [0, 0.1) is 5.92 Å². The van der Waals surface area contributed by atoms with Crippen molar-refractivity contribution in [3.05, 3.63) is 65.2 Å². The standard InChI is InChI=1S/C24H30N2O4/c1-5-16(4)21(26-22(27)18-10-8-17(6-2)9-11-18)23(28)25-20-14-12-19(13-15-20)24(29)30-7-3/h8-16,21H,5-7H2,1-4H3,(H,25,28)(H,26,27)/t16-,21-/m0/s1. The fraction of sp³-hybridized carbons (Fsp3) is 0.375. The van der Waals surface area contributed by atoms with E-state index >= 15 is 0 Å². The molecule has 0 radical (unpaired) electrons. The highest BCUT2D eigenvalue weighted by Gasteiger charge is 2.26. The maximum absolute atomic E-state index is 12.9. The maximum atomic E-state index is 12.9. The molecule has 0 aliphatic heterocycles. The number of nitrogens with one attached hydrogen (secondary N) is 2. The molecular formula is C24H30N2O4. The molecule has 2 atom stereocenters. The number of ether oxygens (including phenoxy) is 1. The first kappa shape index (κ1) is 23.1. The van der Waals surface area contributed by atoms with Gasteiger partial charge in [-0.05, 0) is 61.2 Å². The van der Waals surface area contributed by atoms with Gasteiger partial charge in [-0.25, -0.2) is 4.79 Å². The Morgan fingerprint density at radius 2 is 1.50 bits per heavy atom. The van der Waals surface area contributed by atoms with Crippen molar-refractivity contribution in [1.29, 1.82) is 0 Å². The van der Waals surface area contributed by atoms with Gasteiger partial charge in [-0.2, -0.15) is 0 Å². The lowest BCUT2D eigenvalue weighted by Gasteiger charge is -2.23. The third-order valence-electron chi connectivity index (χ3n) is 5.07. The smallest absolute Gasteiger partial charge is 0.338 e. The summed E-state index contributed by atoms with van der Waals surface area (Å²) in [6.07, 6.45) is 1.63. The topological polar surface area (TPSA) is 84.5 Å². The second-order valence-corrected chi connectivity index (χ2v) is 7.17. The molecule has 0 fully saturated rings. The van der Waals surface area contributed by atoms with E-state index in [2.05, 4.69) is 17.6 Å². The van der Waals surface area contributed by atoms with Crippen LogP contribution in [0.25, 0.3) is 0 Å². The van der Waals surface area contributed by atoms with Crippen LogP contribution >= 0.6 is 0 Å². The maximum Gasteiger partial charge on any atom is 0.338 e. The molecule has 160 valence electrons. The monoisotopic (exact) mass is 410 g/mol. The summed E-state index contributed by atoms with van der Waals surface area (Å²) < 4.78 is 4.96. The second-order valence-electron chi connectivity index (χ2n) is 7.17. The zero-order valence-electron chi connectivity index (χ0n) is 18.0. The Morgan fingerprint density at radius 3 is 2.03 bits per heavy atom. The quantitative estimate of drug-likeness (QED) is 0.607. The van der Waals surface area contributed by atoms with Crippen molar-refractivity contribution in [3.63, 3.8) is 0 Å². The van der Waals surface area contributed by atoms with Gasteiger partial charge in [0.2, 0.25) is 5.91 Å². The molecule has 0 bridgehead atoms. The zero-order chi connectivity index (χ0) is 22.1. The van der Waals surface area contributed by atoms with Crippen LogP contribution in [0.4, 0.5) is 5.69 Å². The molecule has 0 heterocycles. The molecule has 2 rings (SSSR count). The molecule has 0 aliphatic carbocycles. The summed E-state index contributed by atoms with van der Waals surface area (Å²) in [6, 6.07) is 13.2. The van der Waals surface area contributed by atoms with Crippen molar-refractivity contribution in [1.82, 2.24) is 5.32 Å². The van der Waals surface area contributed by atoms with Crippen molar-refractivity contribution in [2.24, 2.45) is 5.92 Å². The molecular weight excluding hydrogens is 380 g/mol. The molecule has 6 heteroatoms. The number of hydrogen-bond donors (Lipinski definition) is 2. The van der Waals surface area contributed by atoms with Crippen molar-refractivity contribution in [3.8, 4) is 0 Å². The van der Waals surface area contributed by atoms with E-state index in [-0.39, 0.29) is 17.7 Å². The van der Waals surface area contributed by atoms with Crippen LogP contribution < -0.4 is 10.6 Å². The summed E-state index contributed by atoms with van der Waals surface area (Å²) in [5.74, 6) is -1.04. The predicted octanol–water partition coefficient (Wildman–Crippen LogP) is 4.21. The highest BCUT2D eigenvalue weighted by molar-refractivity contribution is 6.01. The molecule has 2 N–H and O–H groups in total. The van der Waals surface area contributed by atoms with E-state index in [4.69, 9.17) is 4.74 Å². The molecule has 0 spiro atoms. The molecule has 2 aromatic rings. The van der Waals surface area contributed by atoms with Crippen LogP contribution in [0.15, 0.2) is 48.5 Å². The summed E-state index contributed by atoms with van der Waals surface area (Å²) in [5, 5.41) is 5.69. The Morgan fingerprint density at radius 1 is 0.900 bits per heavy atom. The largest absolute Gasteiger partial charge is 0.462 e. The molecule has 0 saturated carbocycles. The SMILES string of the molecule is CCOC(=O)c1ccc(NC(=O)[C@@H](NC(=O)c2ccc(CC)cc2)[C@@H](C)CC)cc1. The summed E-state index contributed by atoms with van der Waals surface area (Å²) in [4.78, 5) is 37.3.